The lowest BCUT2D eigenvalue weighted by molar-refractivity contribution is 0.220. The van der Waals surface area contributed by atoms with Crippen LogP contribution >= 0.6 is 0 Å². The van der Waals surface area contributed by atoms with Crippen LogP contribution < -0.4 is 5.32 Å². The van der Waals surface area contributed by atoms with Gasteiger partial charge in [0.25, 0.3) is 0 Å². The van der Waals surface area contributed by atoms with Crippen LogP contribution in [0.4, 0.5) is 0 Å². The highest BCUT2D eigenvalue weighted by molar-refractivity contribution is 5.24. The molecule has 0 aliphatic carbocycles. The normalized spacial score (nSPS) is 30.8. The third-order valence-corrected chi connectivity index (χ3v) is 3.91. The first kappa shape index (κ1) is 9.78. The Hall–Kier alpha value is -0.760. The van der Waals surface area contributed by atoms with E-state index in [1.807, 2.05) is 6.07 Å². The standard InChI is InChI=1S/C12H19NO/c1-4-12(10-6-5-9-14-10)7-8-13-11(12,2)3/h5-6,9,13H,4,7-8H2,1-3H3. The predicted molar refractivity (Wildman–Crippen MR) is 57.4 cm³/mol. The largest absolute Gasteiger partial charge is 0.469 e. The fourth-order valence-corrected chi connectivity index (χ4v) is 2.85. The first-order valence-corrected chi connectivity index (χ1v) is 5.41. The zero-order chi connectivity index (χ0) is 10.2. The van der Waals surface area contributed by atoms with E-state index in [1.165, 1.54) is 6.42 Å². The summed E-state index contributed by atoms with van der Waals surface area (Å²) in [4.78, 5) is 0. The molecule has 1 saturated heterocycles. The van der Waals surface area contributed by atoms with E-state index >= 15 is 0 Å². The van der Waals surface area contributed by atoms with Gasteiger partial charge in [-0.3, -0.25) is 0 Å². The third kappa shape index (κ3) is 1.13. The van der Waals surface area contributed by atoms with E-state index in [-0.39, 0.29) is 11.0 Å². The lowest BCUT2D eigenvalue weighted by atomic mass is 9.68. The molecule has 1 aliphatic rings. The van der Waals surface area contributed by atoms with Crippen molar-refractivity contribution >= 4 is 0 Å². The van der Waals surface area contributed by atoms with Gasteiger partial charge in [-0.1, -0.05) is 6.92 Å². The molecule has 0 aromatic carbocycles. The van der Waals surface area contributed by atoms with Crippen molar-refractivity contribution in [1.29, 1.82) is 0 Å². The highest BCUT2D eigenvalue weighted by Gasteiger charge is 2.50. The van der Waals surface area contributed by atoms with E-state index in [0.717, 1.165) is 18.7 Å². The number of hydrogen-bond acceptors (Lipinski definition) is 2. The van der Waals surface area contributed by atoms with Crippen LogP contribution in [0.25, 0.3) is 0 Å². The second-order valence-electron chi connectivity index (χ2n) is 4.71. The Morgan fingerprint density at radius 1 is 1.50 bits per heavy atom. The molecule has 0 saturated carbocycles. The number of furan rings is 1. The molecule has 2 rings (SSSR count). The Labute approximate surface area is 85.7 Å². The van der Waals surface area contributed by atoms with Gasteiger partial charge in [-0.2, -0.15) is 0 Å². The van der Waals surface area contributed by atoms with Gasteiger partial charge in [-0.15, -0.1) is 0 Å². The Morgan fingerprint density at radius 2 is 2.29 bits per heavy atom. The Bertz CT molecular complexity index is 302. The van der Waals surface area contributed by atoms with Crippen molar-refractivity contribution in [2.75, 3.05) is 6.54 Å². The maximum atomic E-state index is 5.61. The van der Waals surface area contributed by atoms with Crippen molar-refractivity contribution in [2.24, 2.45) is 0 Å². The van der Waals surface area contributed by atoms with Gasteiger partial charge < -0.3 is 9.73 Å². The Kier molecular flexibility index (Phi) is 2.18. The van der Waals surface area contributed by atoms with Crippen LogP contribution in [0.15, 0.2) is 22.8 Å². The van der Waals surface area contributed by atoms with Gasteiger partial charge >= 0.3 is 0 Å². The maximum Gasteiger partial charge on any atom is 0.111 e. The van der Waals surface area contributed by atoms with Gasteiger partial charge in [0.2, 0.25) is 0 Å². The van der Waals surface area contributed by atoms with Crippen LogP contribution in [-0.2, 0) is 5.41 Å². The Morgan fingerprint density at radius 3 is 2.71 bits per heavy atom. The second kappa shape index (κ2) is 3.13. The molecule has 1 aromatic rings. The molecule has 2 nitrogen and oxygen atoms in total. The van der Waals surface area contributed by atoms with E-state index in [4.69, 9.17) is 4.42 Å². The lowest BCUT2D eigenvalue weighted by Gasteiger charge is -2.38. The van der Waals surface area contributed by atoms with E-state index < -0.39 is 0 Å². The van der Waals surface area contributed by atoms with Crippen molar-refractivity contribution in [3.63, 3.8) is 0 Å². The molecular formula is C12H19NO. The minimum Gasteiger partial charge on any atom is -0.469 e. The second-order valence-corrected chi connectivity index (χ2v) is 4.71. The van der Waals surface area contributed by atoms with Gasteiger partial charge in [-0.05, 0) is 45.4 Å². The zero-order valence-electron chi connectivity index (χ0n) is 9.26. The molecule has 14 heavy (non-hydrogen) atoms. The summed E-state index contributed by atoms with van der Waals surface area (Å²) in [5, 5.41) is 3.57. The summed E-state index contributed by atoms with van der Waals surface area (Å²) < 4.78 is 5.61. The van der Waals surface area contributed by atoms with Crippen LogP contribution in [-0.4, -0.2) is 12.1 Å². The summed E-state index contributed by atoms with van der Waals surface area (Å²) in [7, 11) is 0. The van der Waals surface area contributed by atoms with E-state index in [1.54, 1.807) is 6.26 Å². The van der Waals surface area contributed by atoms with E-state index in [0.29, 0.717) is 0 Å². The van der Waals surface area contributed by atoms with Gasteiger partial charge in [-0.25, -0.2) is 0 Å². The molecular weight excluding hydrogens is 174 g/mol. The molecule has 1 fully saturated rings. The summed E-state index contributed by atoms with van der Waals surface area (Å²) in [6.45, 7) is 7.87. The van der Waals surface area contributed by atoms with Crippen LogP contribution in [0.1, 0.15) is 39.4 Å². The summed E-state index contributed by atoms with van der Waals surface area (Å²) in [6, 6.07) is 4.10. The maximum absolute atomic E-state index is 5.61. The molecule has 1 unspecified atom stereocenters. The summed E-state index contributed by atoms with van der Waals surface area (Å²) in [5.41, 5.74) is 0.316. The van der Waals surface area contributed by atoms with Crippen molar-refractivity contribution in [2.45, 2.75) is 44.6 Å². The quantitative estimate of drug-likeness (QED) is 0.781. The van der Waals surface area contributed by atoms with Crippen molar-refractivity contribution in [3.05, 3.63) is 24.2 Å². The molecule has 0 bridgehead atoms. The van der Waals surface area contributed by atoms with Gasteiger partial charge in [0.1, 0.15) is 5.76 Å². The number of hydrogen-bond donors (Lipinski definition) is 1. The molecule has 1 aliphatic heterocycles. The summed E-state index contributed by atoms with van der Waals surface area (Å²) in [6.07, 6.45) is 4.08. The fourth-order valence-electron chi connectivity index (χ4n) is 2.85. The summed E-state index contributed by atoms with van der Waals surface area (Å²) in [5.74, 6) is 1.13. The van der Waals surface area contributed by atoms with Crippen molar-refractivity contribution in [3.8, 4) is 0 Å². The van der Waals surface area contributed by atoms with Crippen LogP contribution in [0.5, 0.6) is 0 Å². The molecule has 2 heterocycles. The smallest absolute Gasteiger partial charge is 0.111 e. The molecule has 1 atom stereocenters. The highest BCUT2D eigenvalue weighted by Crippen LogP contribution is 2.45. The lowest BCUT2D eigenvalue weighted by Crippen LogP contribution is -2.49. The number of nitrogens with one attached hydrogen (secondary N) is 1. The predicted octanol–water partition coefficient (Wildman–Crippen LogP) is 2.70. The number of rotatable bonds is 2. The summed E-state index contributed by atoms with van der Waals surface area (Å²) >= 11 is 0. The van der Waals surface area contributed by atoms with Crippen molar-refractivity contribution in [1.82, 2.24) is 5.32 Å². The molecule has 0 amide bonds. The van der Waals surface area contributed by atoms with E-state index in [2.05, 4.69) is 32.2 Å². The molecule has 0 spiro atoms. The van der Waals surface area contributed by atoms with Crippen LogP contribution in [0.2, 0.25) is 0 Å². The highest BCUT2D eigenvalue weighted by atomic mass is 16.3. The fraction of sp³-hybridized carbons (Fsp3) is 0.667. The van der Waals surface area contributed by atoms with Crippen LogP contribution in [0, 0.1) is 0 Å². The molecule has 78 valence electrons. The van der Waals surface area contributed by atoms with Gasteiger partial charge in [0.05, 0.1) is 6.26 Å². The van der Waals surface area contributed by atoms with Gasteiger partial charge in [0.15, 0.2) is 0 Å². The average Bonchev–Trinajstić information content (AvgIpc) is 2.72. The molecule has 2 heteroatoms. The monoisotopic (exact) mass is 193 g/mol. The SMILES string of the molecule is CCC1(c2ccco2)CCNC1(C)C. The minimum absolute atomic E-state index is 0.138. The van der Waals surface area contributed by atoms with E-state index in [9.17, 15) is 0 Å². The Balaban J connectivity index is 2.44. The first-order chi connectivity index (χ1) is 6.62. The van der Waals surface area contributed by atoms with Crippen LogP contribution in [0.3, 0.4) is 0 Å². The zero-order valence-corrected chi connectivity index (χ0v) is 9.26. The molecule has 1 N–H and O–H groups in total. The average molecular weight is 193 g/mol. The third-order valence-electron chi connectivity index (χ3n) is 3.91. The van der Waals surface area contributed by atoms with Gasteiger partial charge in [0, 0.05) is 11.0 Å². The van der Waals surface area contributed by atoms with Crippen molar-refractivity contribution < 1.29 is 4.42 Å². The minimum atomic E-state index is 0.138. The molecule has 0 radical (unpaired) electrons. The topological polar surface area (TPSA) is 25.2 Å². The first-order valence-electron chi connectivity index (χ1n) is 5.41. The molecule has 1 aromatic heterocycles.